The fourth-order valence-corrected chi connectivity index (χ4v) is 7.02. The Morgan fingerprint density at radius 3 is 2.29 bits per heavy atom. The fourth-order valence-electron chi connectivity index (χ4n) is 7.02. The zero-order valence-electron chi connectivity index (χ0n) is 15.6. The van der Waals surface area contributed by atoms with Gasteiger partial charge in [-0.1, -0.05) is 26.0 Å². The van der Waals surface area contributed by atoms with Gasteiger partial charge in [-0.15, -0.1) is 0 Å². The molecular weight excluding hydrogens is 298 g/mol. The summed E-state index contributed by atoms with van der Waals surface area (Å²) in [5.41, 5.74) is 2.60. The van der Waals surface area contributed by atoms with Crippen molar-refractivity contribution in [1.29, 1.82) is 0 Å². The van der Waals surface area contributed by atoms with Crippen molar-refractivity contribution < 1.29 is 9.47 Å². The van der Waals surface area contributed by atoms with E-state index in [1.165, 1.54) is 44.1 Å². The first kappa shape index (κ1) is 16.3. The number of ether oxygens (including phenoxy) is 2. The summed E-state index contributed by atoms with van der Waals surface area (Å²) in [7, 11) is 3.43. The third-order valence-corrected chi connectivity index (χ3v) is 6.76. The highest BCUT2D eigenvalue weighted by molar-refractivity contribution is 5.46. The zero-order chi connectivity index (χ0) is 17.0. The van der Waals surface area contributed by atoms with Gasteiger partial charge >= 0.3 is 0 Å². The molecule has 0 aliphatic heterocycles. The van der Waals surface area contributed by atoms with E-state index in [1.54, 1.807) is 14.2 Å². The molecule has 0 heterocycles. The van der Waals surface area contributed by atoms with Crippen LogP contribution < -0.4 is 14.8 Å². The van der Waals surface area contributed by atoms with Crippen LogP contribution in [0.25, 0.3) is 0 Å². The molecule has 0 spiro atoms. The maximum Gasteiger partial charge on any atom is 0.165 e. The minimum absolute atomic E-state index is 0.316. The van der Waals surface area contributed by atoms with Crippen molar-refractivity contribution >= 4 is 0 Å². The van der Waals surface area contributed by atoms with Crippen LogP contribution in [0.3, 0.4) is 0 Å². The lowest BCUT2D eigenvalue weighted by molar-refractivity contribution is -0.118. The molecule has 2 atom stereocenters. The standard InChI is InChI=1S/C21H31NO2/c1-19-8-15-9-20(2,12-19)14-21(10-15,13-19)22-11-16-6-5-7-17(23-3)18(16)24-4/h5-7,15,22H,8-14H2,1-4H3. The van der Waals surface area contributed by atoms with E-state index in [0.717, 1.165) is 24.0 Å². The Hall–Kier alpha value is -1.22. The van der Waals surface area contributed by atoms with Gasteiger partial charge in [-0.25, -0.2) is 0 Å². The Labute approximate surface area is 146 Å². The Morgan fingerprint density at radius 1 is 1.00 bits per heavy atom. The molecule has 1 aromatic carbocycles. The lowest BCUT2D eigenvalue weighted by atomic mass is 9.43. The zero-order valence-corrected chi connectivity index (χ0v) is 15.6. The summed E-state index contributed by atoms with van der Waals surface area (Å²) in [6, 6.07) is 6.17. The van der Waals surface area contributed by atoms with Gasteiger partial charge in [-0.05, 0) is 61.3 Å². The third kappa shape index (κ3) is 2.61. The van der Waals surface area contributed by atoms with Gasteiger partial charge in [0.15, 0.2) is 11.5 Å². The molecule has 4 aliphatic rings. The molecule has 1 N–H and O–H groups in total. The summed E-state index contributed by atoms with van der Waals surface area (Å²) in [6.45, 7) is 5.91. The van der Waals surface area contributed by atoms with Crippen LogP contribution in [0.15, 0.2) is 18.2 Å². The molecule has 4 bridgehead atoms. The minimum atomic E-state index is 0.316. The van der Waals surface area contributed by atoms with Crippen molar-refractivity contribution in [1.82, 2.24) is 5.32 Å². The average molecular weight is 329 g/mol. The van der Waals surface area contributed by atoms with E-state index in [1.807, 2.05) is 6.07 Å². The van der Waals surface area contributed by atoms with Gasteiger partial charge in [0.25, 0.3) is 0 Å². The molecule has 132 valence electrons. The van der Waals surface area contributed by atoms with Crippen LogP contribution in [-0.4, -0.2) is 19.8 Å². The summed E-state index contributed by atoms with van der Waals surface area (Å²) < 4.78 is 11.1. The van der Waals surface area contributed by atoms with Crippen LogP contribution in [0.5, 0.6) is 11.5 Å². The number of benzene rings is 1. The van der Waals surface area contributed by atoms with Gasteiger partial charge in [0, 0.05) is 17.6 Å². The molecule has 0 radical (unpaired) electrons. The SMILES string of the molecule is COc1cccc(CNC23CC4CC(C)(CC(C)(C4)C2)C3)c1OC. The quantitative estimate of drug-likeness (QED) is 0.860. The van der Waals surface area contributed by atoms with Crippen LogP contribution >= 0.6 is 0 Å². The van der Waals surface area contributed by atoms with Crippen LogP contribution in [0.2, 0.25) is 0 Å². The molecule has 1 aromatic rings. The van der Waals surface area contributed by atoms with Gasteiger partial charge in [0.05, 0.1) is 14.2 Å². The number of hydrogen-bond acceptors (Lipinski definition) is 3. The molecule has 4 saturated carbocycles. The molecule has 4 fully saturated rings. The second kappa shape index (κ2) is 5.39. The largest absolute Gasteiger partial charge is 0.493 e. The van der Waals surface area contributed by atoms with E-state index < -0.39 is 0 Å². The molecule has 5 rings (SSSR count). The Kier molecular flexibility index (Phi) is 3.65. The highest BCUT2D eigenvalue weighted by atomic mass is 16.5. The fraction of sp³-hybridized carbons (Fsp3) is 0.714. The molecule has 24 heavy (non-hydrogen) atoms. The third-order valence-electron chi connectivity index (χ3n) is 6.76. The molecule has 0 aromatic heterocycles. The van der Waals surface area contributed by atoms with Crippen LogP contribution in [0, 0.1) is 16.7 Å². The van der Waals surface area contributed by atoms with E-state index in [0.29, 0.717) is 16.4 Å². The first-order chi connectivity index (χ1) is 11.4. The van der Waals surface area contributed by atoms with Crippen molar-refractivity contribution in [2.45, 2.75) is 64.5 Å². The Morgan fingerprint density at radius 2 is 1.71 bits per heavy atom. The topological polar surface area (TPSA) is 30.5 Å². The van der Waals surface area contributed by atoms with Gasteiger partial charge in [0.1, 0.15) is 0 Å². The summed E-state index contributed by atoms with van der Waals surface area (Å²) in [5, 5.41) is 3.98. The van der Waals surface area contributed by atoms with Gasteiger partial charge in [-0.3, -0.25) is 0 Å². The molecular formula is C21H31NO2. The molecule has 2 unspecified atom stereocenters. The minimum Gasteiger partial charge on any atom is -0.493 e. The molecule has 3 heteroatoms. The van der Waals surface area contributed by atoms with Crippen LogP contribution in [0.4, 0.5) is 0 Å². The normalized spacial score (nSPS) is 39.9. The first-order valence-corrected chi connectivity index (χ1v) is 9.33. The van der Waals surface area contributed by atoms with Gasteiger partial charge in [0.2, 0.25) is 0 Å². The van der Waals surface area contributed by atoms with Gasteiger partial charge in [-0.2, -0.15) is 0 Å². The number of methoxy groups -OCH3 is 2. The lowest BCUT2D eigenvalue weighted by Crippen LogP contribution is -2.63. The molecule has 0 saturated heterocycles. The maximum atomic E-state index is 5.61. The lowest BCUT2D eigenvalue weighted by Gasteiger charge is -2.65. The summed E-state index contributed by atoms with van der Waals surface area (Å²) >= 11 is 0. The summed E-state index contributed by atoms with van der Waals surface area (Å²) in [6.07, 6.45) is 8.31. The van der Waals surface area contributed by atoms with Crippen molar-refractivity contribution in [3.8, 4) is 11.5 Å². The first-order valence-electron chi connectivity index (χ1n) is 9.33. The number of hydrogen-bond donors (Lipinski definition) is 1. The highest BCUT2D eigenvalue weighted by Crippen LogP contribution is 2.66. The van der Waals surface area contributed by atoms with Crippen molar-refractivity contribution in [3.05, 3.63) is 23.8 Å². The Bertz CT molecular complexity index is 623. The predicted octanol–water partition coefficient (Wildman–Crippen LogP) is 4.54. The van der Waals surface area contributed by atoms with E-state index in [4.69, 9.17) is 9.47 Å². The summed E-state index contributed by atoms with van der Waals surface area (Å²) in [5.74, 6) is 2.60. The second-order valence-corrected chi connectivity index (χ2v) is 9.42. The predicted molar refractivity (Wildman–Crippen MR) is 96.5 cm³/mol. The van der Waals surface area contributed by atoms with E-state index in [9.17, 15) is 0 Å². The van der Waals surface area contributed by atoms with Crippen molar-refractivity contribution in [2.75, 3.05) is 14.2 Å². The molecule has 3 nitrogen and oxygen atoms in total. The van der Waals surface area contributed by atoms with E-state index in [2.05, 4.69) is 31.3 Å². The summed E-state index contributed by atoms with van der Waals surface area (Å²) in [4.78, 5) is 0. The second-order valence-electron chi connectivity index (χ2n) is 9.42. The number of nitrogens with one attached hydrogen (secondary N) is 1. The highest BCUT2D eigenvalue weighted by Gasteiger charge is 2.59. The Balaban J connectivity index is 1.56. The average Bonchev–Trinajstić information content (AvgIpc) is 2.49. The smallest absolute Gasteiger partial charge is 0.165 e. The number of para-hydroxylation sites is 1. The van der Waals surface area contributed by atoms with Crippen molar-refractivity contribution in [2.24, 2.45) is 16.7 Å². The van der Waals surface area contributed by atoms with E-state index >= 15 is 0 Å². The van der Waals surface area contributed by atoms with Crippen LogP contribution in [-0.2, 0) is 6.54 Å². The molecule has 0 amide bonds. The number of rotatable bonds is 5. The van der Waals surface area contributed by atoms with Crippen molar-refractivity contribution in [3.63, 3.8) is 0 Å². The maximum absolute atomic E-state index is 5.61. The van der Waals surface area contributed by atoms with Crippen LogP contribution in [0.1, 0.15) is 57.9 Å². The van der Waals surface area contributed by atoms with Gasteiger partial charge < -0.3 is 14.8 Å². The monoisotopic (exact) mass is 329 g/mol. The molecule has 4 aliphatic carbocycles. The van der Waals surface area contributed by atoms with E-state index in [-0.39, 0.29) is 0 Å².